The number of nitrogens with one attached hydrogen (secondary N) is 1. The Morgan fingerprint density at radius 3 is 2.94 bits per heavy atom. The highest BCUT2D eigenvalue weighted by Crippen LogP contribution is 2.19. The molecule has 88 valence electrons. The number of fused-ring (bicyclic) bond motifs is 1. The van der Waals surface area contributed by atoms with E-state index in [1.54, 1.807) is 0 Å². The van der Waals surface area contributed by atoms with E-state index in [0.717, 1.165) is 26.2 Å². The Bertz CT molecular complexity index is 352. The fourth-order valence-electron chi connectivity index (χ4n) is 2.73. The summed E-state index contributed by atoms with van der Waals surface area (Å²) in [5.74, 6) is 0. The van der Waals surface area contributed by atoms with Crippen LogP contribution in [0.4, 0.5) is 0 Å². The predicted molar refractivity (Wildman–Crippen MR) is 63.3 cm³/mol. The van der Waals surface area contributed by atoms with Gasteiger partial charge in [0.25, 0.3) is 0 Å². The molecule has 0 aliphatic carbocycles. The van der Waals surface area contributed by atoms with E-state index >= 15 is 0 Å². The maximum absolute atomic E-state index is 4.50. The maximum Gasteiger partial charge on any atom is 0.0537 e. The van der Waals surface area contributed by atoms with Gasteiger partial charge in [0.2, 0.25) is 0 Å². The van der Waals surface area contributed by atoms with E-state index in [4.69, 9.17) is 0 Å². The molecule has 0 spiro atoms. The fourth-order valence-corrected chi connectivity index (χ4v) is 2.73. The van der Waals surface area contributed by atoms with E-state index in [1.807, 2.05) is 0 Å². The maximum atomic E-state index is 4.50. The number of rotatable bonds is 2. The Balaban J connectivity index is 1.71. The molecule has 0 bridgehead atoms. The van der Waals surface area contributed by atoms with Gasteiger partial charge in [-0.05, 0) is 19.3 Å². The van der Waals surface area contributed by atoms with Crippen molar-refractivity contribution in [2.75, 3.05) is 26.2 Å². The van der Waals surface area contributed by atoms with Gasteiger partial charge in [-0.15, -0.1) is 0 Å². The van der Waals surface area contributed by atoms with Crippen molar-refractivity contribution in [1.82, 2.24) is 20.0 Å². The van der Waals surface area contributed by atoms with Crippen LogP contribution < -0.4 is 5.32 Å². The molecule has 4 nitrogen and oxygen atoms in total. The van der Waals surface area contributed by atoms with E-state index < -0.39 is 0 Å². The summed E-state index contributed by atoms with van der Waals surface area (Å²) in [6, 6.07) is 0. The minimum absolute atomic E-state index is 1.09. The van der Waals surface area contributed by atoms with Gasteiger partial charge in [0, 0.05) is 50.5 Å². The van der Waals surface area contributed by atoms with Gasteiger partial charge in [-0.25, -0.2) is 0 Å². The zero-order valence-corrected chi connectivity index (χ0v) is 9.78. The highest BCUT2D eigenvalue weighted by Gasteiger charge is 2.17. The van der Waals surface area contributed by atoms with Crippen molar-refractivity contribution in [3.8, 4) is 0 Å². The molecule has 2 aliphatic rings. The first-order valence-electron chi connectivity index (χ1n) is 6.40. The standard InChI is InChI=1S/C12H20N4/c1-2-6-16-12(3-1)11(9-14-16)10-15-7-4-13-5-8-15/h9,13H,1-8,10H2. The summed E-state index contributed by atoms with van der Waals surface area (Å²) < 4.78 is 2.21. The molecule has 1 aromatic rings. The molecule has 0 unspecified atom stereocenters. The molecule has 0 aromatic carbocycles. The third kappa shape index (κ3) is 1.99. The smallest absolute Gasteiger partial charge is 0.0537 e. The van der Waals surface area contributed by atoms with Crippen molar-refractivity contribution in [2.45, 2.75) is 32.4 Å². The van der Waals surface area contributed by atoms with Crippen LogP contribution in [-0.4, -0.2) is 40.9 Å². The Hall–Kier alpha value is -0.870. The Morgan fingerprint density at radius 1 is 1.19 bits per heavy atom. The Morgan fingerprint density at radius 2 is 2.06 bits per heavy atom. The summed E-state index contributed by atoms with van der Waals surface area (Å²) in [5, 5.41) is 7.89. The van der Waals surface area contributed by atoms with Crippen molar-refractivity contribution < 1.29 is 0 Å². The Labute approximate surface area is 96.6 Å². The third-order valence-corrected chi connectivity index (χ3v) is 3.67. The molecule has 1 saturated heterocycles. The lowest BCUT2D eigenvalue weighted by molar-refractivity contribution is 0.232. The first kappa shape index (κ1) is 10.3. The number of nitrogens with zero attached hydrogens (tertiary/aromatic N) is 3. The van der Waals surface area contributed by atoms with Crippen LogP contribution in [0, 0.1) is 0 Å². The summed E-state index contributed by atoms with van der Waals surface area (Å²) in [6.45, 7) is 6.82. The molecule has 0 atom stereocenters. The second-order valence-corrected chi connectivity index (χ2v) is 4.82. The molecular weight excluding hydrogens is 200 g/mol. The van der Waals surface area contributed by atoms with Crippen molar-refractivity contribution >= 4 is 0 Å². The summed E-state index contributed by atoms with van der Waals surface area (Å²) >= 11 is 0. The van der Waals surface area contributed by atoms with Gasteiger partial charge in [0.1, 0.15) is 0 Å². The zero-order valence-electron chi connectivity index (χ0n) is 9.78. The largest absolute Gasteiger partial charge is 0.314 e. The van der Waals surface area contributed by atoms with Crippen molar-refractivity contribution in [3.05, 3.63) is 17.5 Å². The van der Waals surface area contributed by atoms with Crippen LogP contribution in [0.25, 0.3) is 0 Å². The van der Waals surface area contributed by atoms with Crippen LogP contribution in [0.1, 0.15) is 24.1 Å². The number of hydrogen-bond acceptors (Lipinski definition) is 3. The van der Waals surface area contributed by atoms with Gasteiger partial charge in [0.15, 0.2) is 0 Å². The molecule has 3 heterocycles. The molecule has 1 fully saturated rings. The highest BCUT2D eigenvalue weighted by atomic mass is 15.3. The highest BCUT2D eigenvalue weighted by molar-refractivity contribution is 5.19. The van der Waals surface area contributed by atoms with Gasteiger partial charge in [-0.3, -0.25) is 9.58 Å². The molecule has 1 N–H and O–H groups in total. The van der Waals surface area contributed by atoms with Crippen LogP contribution in [0.15, 0.2) is 6.20 Å². The minimum Gasteiger partial charge on any atom is -0.314 e. The molecule has 3 rings (SSSR count). The van der Waals surface area contributed by atoms with E-state index in [9.17, 15) is 0 Å². The topological polar surface area (TPSA) is 33.1 Å². The molecule has 16 heavy (non-hydrogen) atoms. The van der Waals surface area contributed by atoms with Gasteiger partial charge < -0.3 is 5.32 Å². The van der Waals surface area contributed by atoms with Crippen LogP contribution >= 0.6 is 0 Å². The number of hydrogen-bond donors (Lipinski definition) is 1. The van der Waals surface area contributed by atoms with Crippen molar-refractivity contribution in [3.63, 3.8) is 0 Å². The van der Waals surface area contributed by atoms with Gasteiger partial charge in [-0.2, -0.15) is 5.10 Å². The second kappa shape index (κ2) is 4.55. The second-order valence-electron chi connectivity index (χ2n) is 4.82. The number of aryl methyl sites for hydroxylation is 1. The van der Waals surface area contributed by atoms with E-state index in [1.165, 1.54) is 43.6 Å². The SMILES string of the molecule is c1nn2c(c1CN1CCNCC1)CCCC2. The summed E-state index contributed by atoms with van der Waals surface area (Å²) in [5.41, 5.74) is 2.95. The molecule has 0 saturated carbocycles. The average Bonchev–Trinajstić information content (AvgIpc) is 2.74. The Kier molecular flexibility index (Phi) is 2.93. The molecule has 1 aromatic heterocycles. The van der Waals surface area contributed by atoms with Gasteiger partial charge in [0.05, 0.1) is 6.20 Å². The lowest BCUT2D eigenvalue weighted by Crippen LogP contribution is -2.43. The summed E-state index contributed by atoms with van der Waals surface area (Å²) in [4.78, 5) is 2.53. The summed E-state index contributed by atoms with van der Waals surface area (Å²) in [7, 11) is 0. The average molecular weight is 220 g/mol. The molecular formula is C12H20N4. The quantitative estimate of drug-likeness (QED) is 0.793. The third-order valence-electron chi connectivity index (χ3n) is 3.67. The first-order valence-corrected chi connectivity index (χ1v) is 6.40. The zero-order chi connectivity index (χ0) is 10.8. The van der Waals surface area contributed by atoms with E-state index in [2.05, 4.69) is 26.2 Å². The van der Waals surface area contributed by atoms with Crippen LogP contribution in [0.5, 0.6) is 0 Å². The lowest BCUT2D eigenvalue weighted by Gasteiger charge is -2.27. The van der Waals surface area contributed by atoms with Crippen molar-refractivity contribution in [2.24, 2.45) is 0 Å². The lowest BCUT2D eigenvalue weighted by atomic mass is 10.1. The van der Waals surface area contributed by atoms with E-state index in [0.29, 0.717) is 0 Å². The van der Waals surface area contributed by atoms with Crippen LogP contribution in [0.2, 0.25) is 0 Å². The number of piperazine rings is 1. The molecule has 0 amide bonds. The molecule has 0 radical (unpaired) electrons. The monoisotopic (exact) mass is 220 g/mol. The van der Waals surface area contributed by atoms with Crippen molar-refractivity contribution in [1.29, 1.82) is 0 Å². The molecule has 2 aliphatic heterocycles. The summed E-state index contributed by atoms with van der Waals surface area (Å²) in [6.07, 6.45) is 5.94. The van der Waals surface area contributed by atoms with Gasteiger partial charge in [-0.1, -0.05) is 0 Å². The van der Waals surface area contributed by atoms with Crippen LogP contribution in [0.3, 0.4) is 0 Å². The van der Waals surface area contributed by atoms with Crippen LogP contribution in [-0.2, 0) is 19.5 Å². The fraction of sp³-hybridized carbons (Fsp3) is 0.750. The first-order chi connectivity index (χ1) is 7.93. The number of aromatic nitrogens is 2. The van der Waals surface area contributed by atoms with Gasteiger partial charge >= 0.3 is 0 Å². The molecule has 4 heteroatoms. The minimum atomic E-state index is 1.09. The predicted octanol–water partition coefficient (Wildman–Crippen LogP) is 0.625. The normalized spacial score (nSPS) is 22.0. The van der Waals surface area contributed by atoms with E-state index in [-0.39, 0.29) is 0 Å².